The molecule has 2 aromatic carbocycles. The molecule has 0 unspecified atom stereocenters. The number of amides is 1. The van der Waals surface area contributed by atoms with Gasteiger partial charge < -0.3 is 10.1 Å². The molecule has 0 heterocycles. The number of nitro benzene ring substituents is 1. The lowest BCUT2D eigenvalue weighted by atomic mass is 10.1. The van der Waals surface area contributed by atoms with E-state index in [0.717, 1.165) is 22.2 Å². The molecule has 0 spiro atoms. The Hall–Kier alpha value is -3.14. The van der Waals surface area contributed by atoms with Crippen molar-refractivity contribution in [1.29, 1.82) is 0 Å². The molecule has 0 aromatic heterocycles. The summed E-state index contributed by atoms with van der Waals surface area (Å²) in [5.74, 6) is -0.443. The van der Waals surface area contributed by atoms with Crippen molar-refractivity contribution in [3.05, 3.63) is 57.6 Å². The minimum absolute atomic E-state index is 0.0797. The van der Waals surface area contributed by atoms with Gasteiger partial charge in [0, 0.05) is 12.1 Å². The number of sulfonamides is 1. The van der Waals surface area contributed by atoms with Gasteiger partial charge in [0.2, 0.25) is 15.9 Å². The van der Waals surface area contributed by atoms with E-state index >= 15 is 0 Å². The highest BCUT2D eigenvalue weighted by molar-refractivity contribution is 7.92. The van der Waals surface area contributed by atoms with Gasteiger partial charge in [-0.15, -0.1) is 0 Å². The van der Waals surface area contributed by atoms with Gasteiger partial charge in [-0.05, 0) is 37.1 Å². The third kappa shape index (κ3) is 4.97. The van der Waals surface area contributed by atoms with Crippen LogP contribution in [0.3, 0.4) is 0 Å². The molecule has 0 saturated carbocycles. The zero-order chi connectivity index (χ0) is 21.1. The van der Waals surface area contributed by atoms with Crippen LogP contribution in [-0.2, 0) is 14.8 Å². The van der Waals surface area contributed by atoms with Crippen LogP contribution in [0.2, 0.25) is 0 Å². The Morgan fingerprint density at radius 2 is 1.89 bits per heavy atom. The van der Waals surface area contributed by atoms with E-state index in [0.29, 0.717) is 11.3 Å². The molecule has 10 heteroatoms. The summed E-state index contributed by atoms with van der Waals surface area (Å²) in [6, 6.07) is 9.04. The summed E-state index contributed by atoms with van der Waals surface area (Å²) in [7, 11) is -2.39. The number of anilines is 2. The fourth-order valence-corrected chi connectivity index (χ4v) is 3.50. The number of carbonyl (C=O) groups excluding carboxylic acids is 1. The van der Waals surface area contributed by atoms with Crippen molar-refractivity contribution < 1.29 is 22.9 Å². The maximum absolute atomic E-state index is 12.5. The van der Waals surface area contributed by atoms with Gasteiger partial charge in [-0.25, -0.2) is 8.42 Å². The summed E-state index contributed by atoms with van der Waals surface area (Å²) in [6.07, 6.45) is 1.01. The zero-order valence-corrected chi connectivity index (χ0v) is 16.7. The predicted octanol–water partition coefficient (Wildman–Crippen LogP) is 2.62. The third-order valence-corrected chi connectivity index (χ3v) is 5.12. The van der Waals surface area contributed by atoms with Crippen molar-refractivity contribution in [3.63, 3.8) is 0 Å². The van der Waals surface area contributed by atoms with Crippen molar-refractivity contribution >= 4 is 33.0 Å². The van der Waals surface area contributed by atoms with Crippen LogP contribution in [0.4, 0.5) is 17.1 Å². The van der Waals surface area contributed by atoms with Crippen LogP contribution in [0, 0.1) is 24.0 Å². The SMILES string of the molecule is COc1ccc([N+](=O)[O-])cc1NC(=O)CN(c1cc(C)ccc1C)S(C)(=O)=O. The summed E-state index contributed by atoms with van der Waals surface area (Å²) in [5, 5.41) is 13.5. The van der Waals surface area contributed by atoms with Crippen LogP contribution >= 0.6 is 0 Å². The average Bonchev–Trinajstić information content (AvgIpc) is 2.61. The number of aryl methyl sites for hydroxylation is 2. The highest BCUT2D eigenvalue weighted by Gasteiger charge is 2.23. The van der Waals surface area contributed by atoms with Gasteiger partial charge in [0.1, 0.15) is 12.3 Å². The number of methoxy groups -OCH3 is 1. The zero-order valence-electron chi connectivity index (χ0n) is 15.9. The molecular formula is C18H21N3O6S. The third-order valence-electron chi connectivity index (χ3n) is 3.99. The Morgan fingerprint density at radius 3 is 2.46 bits per heavy atom. The first-order valence-corrected chi connectivity index (χ1v) is 10.0. The number of nitrogens with one attached hydrogen (secondary N) is 1. The van der Waals surface area contributed by atoms with Gasteiger partial charge in [0.05, 0.1) is 29.7 Å². The highest BCUT2D eigenvalue weighted by Crippen LogP contribution is 2.29. The number of non-ortho nitro benzene ring substituents is 1. The Bertz CT molecular complexity index is 1020. The van der Waals surface area contributed by atoms with Crippen molar-refractivity contribution in [2.24, 2.45) is 0 Å². The first-order chi connectivity index (χ1) is 13.0. The van der Waals surface area contributed by atoms with Gasteiger partial charge in [0.25, 0.3) is 5.69 Å². The van der Waals surface area contributed by atoms with Crippen LogP contribution in [0.1, 0.15) is 11.1 Å². The van der Waals surface area contributed by atoms with E-state index in [1.807, 2.05) is 13.0 Å². The second-order valence-electron chi connectivity index (χ2n) is 6.25. The minimum Gasteiger partial charge on any atom is -0.495 e. The van der Waals surface area contributed by atoms with E-state index in [4.69, 9.17) is 4.74 Å². The Labute approximate surface area is 163 Å². The van der Waals surface area contributed by atoms with Gasteiger partial charge >= 0.3 is 0 Å². The number of benzene rings is 2. The summed E-state index contributed by atoms with van der Waals surface area (Å²) >= 11 is 0. The molecule has 0 saturated heterocycles. The molecule has 0 bridgehead atoms. The topological polar surface area (TPSA) is 119 Å². The Balaban J connectivity index is 2.34. The molecule has 0 fully saturated rings. The summed E-state index contributed by atoms with van der Waals surface area (Å²) in [6.45, 7) is 3.07. The number of hydrogen-bond donors (Lipinski definition) is 1. The Kier molecular flexibility index (Phi) is 6.24. The summed E-state index contributed by atoms with van der Waals surface area (Å²) in [5.41, 5.74) is 1.78. The van der Waals surface area contributed by atoms with Gasteiger partial charge in [-0.2, -0.15) is 0 Å². The molecule has 2 rings (SSSR count). The smallest absolute Gasteiger partial charge is 0.271 e. The lowest BCUT2D eigenvalue weighted by Gasteiger charge is -2.24. The van der Waals surface area contributed by atoms with E-state index in [9.17, 15) is 23.3 Å². The van der Waals surface area contributed by atoms with Crippen molar-refractivity contribution in [2.75, 3.05) is 29.5 Å². The molecule has 1 amide bonds. The number of carbonyl (C=O) groups is 1. The molecule has 150 valence electrons. The molecule has 0 aliphatic rings. The normalized spacial score (nSPS) is 11.0. The molecule has 28 heavy (non-hydrogen) atoms. The van der Waals surface area contributed by atoms with Crippen LogP contribution in [0.15, 0.2) is 36.4 Å². The molecule has 0 atom stereocenters. The number of nitrogens with zero attached hydrogens (tertiary/aromatic N) is 2. The van der Waals surface area contributed by atoms with E-state index in [2.05, 4.69) is 5.32 Å². The maximum Gasteiger partial charge on any atom is 0.271 e. The molecular weight excluding hydrogens is 386 g/mol. The van der Waals surface area contributed by atoms with Crippen molar-refractivity contribution in [3.8, 4) is 5.75 Å². The van der Waals surface area contributed by atoms with Crippen LogP contribution in [0.5, 0.6) is 5.75 Å². The number of ether oxygens (including phenoxy) is 1. The van der Waals surface area contributed by atoms with Crippen molar-refractivity contribution in [2.45, 2.75) is 13.8 Å². The lowest BCUT2D eigenvalue weighted by Crippen LogP contribution is -2.38. The lowest BCUT2D eigenvalue weighted by molar-refractivity contribution is -0.384. The van der Waals surface area contributed by atoms with Gasteiger partial charge in [-0.3, -0.25) is 19.2 Å². The second kappa shape index (κ2) is 8.26. The fraction of sp³-hybridized carbons (Fsp3) is 0.278. The molecule has 1 N–H and O–H groups in total. The number of hydrogen-bond acceptors (Lipinski definition) is 6. The van der Waals surface area contributed by atoms with Gasteiger partial charge in [0.15, 0.2) is 0 Å². The molecule has 0 aliphatic carbocycles. The standard InChI is InChI=1S/C18H21N3O6S/c1-12-5-6-13(2)16(9-12)20(28(4,25)26)11-18(22)19-15-10-14(21(23)24)7-8-17(15)27-3/h5-10H,11H2,1-4H3,(H,19,22). The van der Waals surface area contributed by atoms with Crippen LogP contribution in [-0.4, -0.2) is 39.2 Å². The second-order valence-corrected chi connectivity index (χ2v) is 8.16. The molecule has 0 aliphatic heterocycles. The molecule has 9 nitrogen and oxygen atoms in total. The van der Waals surface area contributed by atoms with Crippen LogP contribution < -0.4 is 14.4 Å². The summed E-state index contributed by atoms with van der Waals surface area (Å²) < 4.78 is 30.7. The van der Waals surface area contributed by atoms with E-state index in [1.54, 1.807) is 19.1 Å². The molecule has 0 radical (unpaired) electrons. The largest absolute Gasteiger partial charge is 0.495 e. The number of nitro groups is 1. The highest BCUT2D eigenvalue weighted by atomic mass is 32.2. The van der Waals surface area contributed by atoms with E-state index in [1.165, 1.54) is 19.2 Å². The quantitative estimate of drug-likeness (QED) is 0.557. The van der Waals surface area contributed by atoms with Gasteiger partial charge in [-0.1, -0.05) is 12.1 Å². The van der Waals surface area contributed by atoms with Crippen molar-refractivity contribution in [1.82, 2.24) is 0 Å². The maximum atomic E-state index is 12.5. The monoisotopic (exact) mass is 407 g/mol. The minimum atomic E-state index is -3.75. The average molecular weight is 407 g/mol. The Morgan fingerprint density at radius 1 is 1.21 bits per heavy atom. The summed E-state index contributed by atoms with van der Waals surface area (Å²) in [4.78, 5) is 22.9. The predicted molar refractivity (Wildman–Crippen MR) is 106 cm³/mol. The van der Waals surface area contributed by atoms with E-state index < -0.39 is 27.4 Å². The first kappa shape index (κ1) is 21.2. The van der Waals surface area contributed by atoms with Crippen LogP contribution in [0.25, 0.3) is 0 Å². The van der Waals surface area contributed by atoms with E-state index in [-0.39, 0.29) is 17.1 Å². The molecule has 2 aromatic rings. The number of rotatable bonds is 7. The first-order valence-electron chi connectivity index (χ1n) is 8.20. The fourth-order valence-electron chi connectivity index (χ4n) is 2.60.